The number of hydrogen-bond donors (Lipinski definition) is 0. The van der Waals surface area contributed by atoms with Gasteiger partial charge < -0.3 is 4.57 Å². The standard InChI is InChI=1S/C19H18ClN3OS/c1-13-21-19(24)17-11-14(20)4-5-18(17)23(13)15-6-8-22(9-7-15)12-16-3-2-10-25-16/h2-6,10-11H,7-9,12H2,1H3. The summed E-state index contributed by atoms with van der Waals surface area (Å²) in [4.78, 5) is 20.2. The fourth-order valence-electron chi connectivity index (χ4n) is 3.34. The van der Waals surface area contributed by atoms with Gasteiger partial charge in [-0.3, -0.25) is 9.69 Å². The molecule has 1 aromatic carbocycles. The maximum atomic E-state index is 12.2. The van der Waals surface area contributed by atoms with Crippen LogP contribution in [0.3, 0.4) is 0 Å². The molecule has 0 saturated carbocycles. The molecular formula is C19H18ClN3OS. The van der Waals surface area contributed by atoms with Crippen molar-refractivity contribution >= 4 is 39.5 Å². The number of halogens is 1. The molecule has 0 saturated heterocycles. The van der Waals surface area contributed by atoms with Gasteiger partial charge in [-0.2, -0.15) is 4.98 Å². The van der Waals surface area contributed by atoms with E-state index < -0.39 is 0 Å². The Balaban J connectivity index is 1.68. The van der Waals surface area contributed by atoms with Crippen molar-refractivity contribution in [1.29, 1.82) is 0 Å². The Kier molecular flexibility index (Phi) is 4.46. The van der Waals surface area contributed by atoms with Crippen LogP contribution >= 0.6 is 22.9 Å². The zero-order chi connectivity index (χ0) is 17.4. The summed E-state index contributed by atoms with van der Waals surface area (Å²) in [7, 11) is 0. The molecule has 0 fully saturated rings. The predicted octanol–water partition coefficient (Wildman–Crippen LogP) is 4.17. The van der Waals surface area contributed by atoms with E-state index in [-0.39, 0.29) is 5.56 Å². The van der Waals surface area contributed by atoms with Crippen LogP contribution < -0.4 is 5.56 Å². The second kappa shape index (κ2) is 6.75. The minimum Gasteiger partial charge on any atom is -0.302 e. The van der Waals surface area contributed by atoms with Crippen LogP contribution in [0.4, 0.5) is 0 Å². The molecule has 0 unspecified atom stereocenters. The van der Waals surface area contributed by atoms with E-state index in [9.17, 15) is 4.79 Å². The lowest BCUT2D eigenvalue weighted by atomic mass is 10.1. The first-order chi connectivity index (χ1) is 12.1. The quantitative estimate of drug-likeness (QED) is 0.693. The molecule has 25 heavy (non-hydrogen) atoms. The van der Waals surface area contributed by atoms with Crippen LogP contribution in [0.2, 0.25) is 5.02 Å². The van der Waals surface area contributed by atoms with Gasteiger partial charge in [0.15, 0.2) is 0 Å². The highest BCUT2D eigenvalue weighted by Gasteiger charge is 2.17. The summed E-state index contributed by atoms with van der Waals surface area (Å²) in [6.07, 6.45) is 3.17. The number of nitrogens with zero attached hydrogens (tertiary/aromatic N) is 3. The van der Waals surface area contributed by atoms with Crippen molar-refractivity contribution in [3.05, 3.63) is 67.9 Å². The molecule has 0 amide bonds. The molecule has 128 valence electrons. The van der Waals surface area contributed by atoms with Gasteiger partial charge in [-0.1, -0.05) is 23.7 Å². The Morgan fingerprint density at radius 1 is 1.32 bits per heavy atom. The third-order valence-corrected chi connectivity index (χ3v) is 5.63. The Morgan fingerprint density at radius 3 is 2.92 bits per heavy atom. The van der Waals surface area contributed by atoms with Gasteiger partial charge in [-0.15, -0.1) is 11.3 Å². The Morgan fingerprint density at radius 2 is 2.20 bits per heavy atom. The first-order valence-electron chi connectivity index (χ1n) is 8.25. The van der Waals surface area contributed by atoms with Gasteiger partial charge in [0, 0.05) is 41.7 Å². The van der Waals surface area contributed by atoms with Crippen LogP contribution in [-0.2, 0) is 6.54 Å². The molecule has 1 aliphatic rings. The average molecular weight is 372 g/mol. The number of hydrogen-bond acceptors (Lipinski definition) is 4. The second-order valence-electron chi connectivity index (χ2n) is 6.22. The third-order valence-electron chi connectivity index (χ3n) is 4.53. The smallest absolute Gasteiger partial charge is 0.280 e. The third kappa shape index (κ3) is 3.27. The summed E-state index contributed by atoms with van der Waals surface area (Å²) >= 11 is 7.86. The summed E-state index contributed by atoms with van der Waals surface area (Å²) in [5.41, 5.74) is 1.85. The van der Waals surface area contributed by atoms with Gasteiger partial charge in [0.25, 0.3) is 5.56 Å². The lowest BCUT2D eigenvalue weighted by Gasteiger charge is -2.28. The number of aromatic nitrogens is 2. The van der Waals surface area contributed by atoms with E-state index >= 15 is 0 Å². The molecule has 0 spiro atoms. The van der Waals surface area contributed by atoms with Crippen LogP contribution in [0.1, 0.15) is 17.1 Å². The van der Waals surface area contributed by atoms with Gasteiger partial charge in [0.2, 0.25) is 0 Å². The molecular weight excluding hydrogens is 354 g/mol. The maximum absolute atomic E-state index is 12.2. The molecule has 2 aromatic heterocycles. The van der Waals surface area contributed by atoms with E-state index in [1.54, 1.807) is 17.4 Å². The second-order valence-corrected chi connectivity index (χ2v) is 7.69. The molecule has 0 atom stereocenters. The van der Waals surface area contributed by atoms with E-state index in [1.165, 1.54) is 10.6 Å². The fraction of sp³-hybridized carbons (Fsp3) is 0.263. The summed E-state index contributed by atoms with van der Waals surface area (Å²) < 4.78 is 2.09. The first kappa shape index (κ1) is 16.5. The average Bonchev–Trinajstić information content (AvgIpc) is 3.10. The molecule has 0 N–H and O–H groups in total. The number of benzene rings is 1. The SMILES string of the molecule is Cc1nc(=O)c2cc(Cl)ccc2n1C1=CCN(Cc2cccs2)CC1. The number of aryl methyl sites for hydroxylation is 1. The summed E-state index contributed by atoms with van der Waals surface area (Å²) in [5, 5.41) is 3.24. The van der Waals surface area contributed by atoms with E-state index in [0.717, 1.165) is 37.4 Å². The lowest BCUT2D eigenvalue weighted by molar-refractivity contribution is 0.294. The normalized spacial score (nSPS) is 15.5. The topological polar surface area (TPSA) is 38.1 Å². The van der Waals surface area contributed by atoms with Crippen molar-refractivity contribution < 1.29 is 0 Å². The highest BCUT2D eigenvalue weighted by Crippen LogP contribution is 2.25. The summed E-state index contributed by atoms with van der Waals surface area (Å²) in [5.74, 6) is 0.720. The summed E-state index contributed by atoms with van der Waals surface area (Å²) in [6.45, 7) is 4.76. The molecule has 0 radical (unpaired) electrons. The molecule has 1 aliphatic heterocycles. The highest BCUT2D eigenvalue weighted by atomic mass is 35.5. The Hall–Kier alpha value is -1.95. The van der Waals surface area contributed by atoms with Crippen LogP contribution in [0.25, 0.3) is 16.6 Å². The molecule has 0 bridgehead atoms. The van der Waals surface area contributed by atoms with Gasteiger partial charge >= 0.3 is 0 Å². The van der Waals surface area contributed by atoms with E-state index in [2.05, 4.69) is 38.0 Å². The fourth-order valence-corrected chi connectivity index (χ4v) is 4.26. The first-order valence-corrected chi connectivity index (χ1v) is 9.50. The Bertz CT molecular complexity index is 1010. The van der Waals surface area contributed by atoms with Gasteiger partial charge in [-0.05, 0) is 36.6 Å². The van der Waals surface area contributed by atoms with Crippen molar-refractivity contribution in [3.8, 4) is 0 Å². The number of rotatable bonds is 3. The van der Waals surface area contributed by atoms with Crippen molar-refractivity contribution in [2.45, 2.75) is 19.9 Å². The van der Waals surface area contributed by atoms with Crippen LogP contribution in [0.5, 0.6) is 0 Å². The van der Waals surface area contributed by atoms with Crippen molar-refractivity contribution in [2.75, 3.05) is 13.1 Å². The Labute approximate surface area is 155 Å². The van der Waals surface area contributed by atoms with E-state index in [4.69, 9.17) is 11.6 Å². The van der Waals surface area contributed by atoms with E-state index in [1.807, 2.05) is 19.1 Å². The van der Waals surface area contributed by atoms with Gasteiger partial charge in [-0.25, -0.2) is 0 Å². The monoisotopic (exact) mass is 371 g/mol. The summed E-state index contributed by atoms with van der Waals surface area (Å²) in [6, 6.07) is 9.71. The predicted molar refractivity (Wildman–Crippen MR) is 104 cm³/mol. The highest BCUT2D eigenvalue weighted by molar-refractivity contribution is 7.09. The largest absolute Gasteiger partial charge is 0.302 e. The number of thiophene rings is 1. The van der Waals surface area contributed by atoms with Crippen molar-refractivity contribution in [3.63, 3.8) is 0 Å². The van der Waals surface area contributed by atoms with Crippen molar-refractivity contribution in [2.24, 2.45) is 0 Å². The lowest BCUT2D eigenvalue weighted by Crippen LogP contribution is -2.29. The minimum absolute atomic E-state index is 0.220. The zero-order valence-corrected chi connectivity index (χ0v) is 15.5. The molecule has 3 heterocycles. The maximum Gasteiger partial charge on any atom is 0.280 e. The molecule has 6 heteroatoms. The molecule has 0 aliphatic carbocycles. The van der Waals surface area contributed by atoms with Crippen LogP contribution in [-0.4, -0.2) is 27.5 Å². The zero-order valence-electron chi connectivity index (χ0n) is 13.9. The van der Waals surface area contributed by atoms with Gasteiger partial charge in [0.05, 0.1) is 10.9 Å². The molecule has 4 nitrogen and oxygen atoms in total. The van der Waals surface area contributed by atoms with E-state index in [0.29, 0.717) is 10.4 Å². The minimum atomic E-state index is -0.220. The van der Waals surface area contributed by atoms with Crippen molar-refractivity contribution in [1.82, 2.24) is 14.5 Å². The van der Waals surface area contributed by atoms with Gasteiger partial charge in [0.1, 0.15) is 5.82 Å². The van der Waals surface area contributed by atoms with Crippen LogP contribution in [0.15, 0.2) is 46.6 Å². The van der Waals surface area contributed by atoms with Crippen LogP contribution in [0, 0.1) is 6.92 Å². The molecule has 4 rings (SSSR count). The molecule has 3 aromatic rings. The number of fused-ring (bicyclic) bond motifs is 1.